The summed E-state index contributed by atoms with van der Waals surface area (Å²) in [6, 6.07) is 8.06. The quantitative estimate of drug-likeness (QED) is 0.931. The molecule has 19 heavy (non-hydrogen) atoms. The van der Waals surface area contributed by atoms with Crippen molar-refractivity contribution in [3.05, 3.63) is 41.2 Å². The molecule has 1 atom stereocenters. The summed E-state index contributed by atoms with van der Waals surface area (Å²) in [5, 5.41) is 8.43. The van der Waals surface area contributed by atoms with Gasteiger partial charge in [-0.1, -0.05) is 17.7 Å². The zero-order valence-corrected chi connectivity index (χ0v) is 12.4. The van der Waals surface area contributed by atoms with Gasteiger partial charge in [-0.2, -0.15) is 5.10 Å². The molecule has 0 aliphatic carbocycles. The lowest BCUT2D eigenvalue weighted by atomic mass is 10.2. The van der Waals surface area contributed by atoms with Crippen molar-refractivity contribution >= 4 is 23.0 Å². The maximum Gasteiger partial charge on any atom is 0.0786 e. The molecule has 0 aliphatic rings. The van der Waals surface area contributed by atoms with Gasteiger partial charge in [-0.15, -0.1) is 0 Å². The Morgan fingerprint density at radius 3 is 2.63 bits per heavy atom. The average molecular weight is 279 g/mol. The Hall–Kier alpha value is -1.68. The van der Waals surface area contributed by atoms with Crippen molar-refractivity contribution in [3.8, 4) is 0 Å². The molecule has 1 aromatic heterocycles. The molecule has 0 fully saturated rings. The minimum absolute atomic E-state index is 0.157. The van der Waals surface area contributed by atoms with Gasteiger partial charge in [0, 0.05) is 27.3 Å². The van der Waals surface area contributed by atoms with Crippen molar-refractivity contribution in [2.24, 2.45) is 7.05 Å². The van der Waals surface area contributed by atoms with Crippen LogP contribution in [0.1, 0.15) is 18.7 Å². The van der Waals surface area contributed by atoms with Crippen molar-refractivity contribution < 1.29 is 0 Å². The van der Waals surface area contributed by atoms with Gasteiger partial charge < -0.3 is 10.2 Å². The predicted octanol–water partition coefficient (Wildman–Crippen LogP) is 3.31. The van der Waals surface area contributed by atoms with Crippen LogP contribution in [0.5, 0.6) is 0 Å². The Kier molecular flexibility index (Phi) is 4.00. The number of rotatable bonds is 4. The Labute approximate surface area is 119 Å². The lowest BCUT2D eigenvalue weighted by Crippen LogP contribution is -2.16. The highest BCUT2D eigenvalue weighted by molar-refractivity contribution is 6.34. The van der Waals surface area contributed by atoms with Gasteiger partial charge >= 0.3 is 0 Å². The minimum atomic E-state index is 0.157. The summed E-state index contributed by atoms with van der Waals surface area (Å²) in [6.07, 6.45) is 1.80. The summed E-state index contributed by atoms with van der Waals surface area (Å²) in [5.74, 6) is 0. The molecule has 1 unspecified atom stereocenters. The largest absolute Gasteiger partial charge is 0.375 e. The Morgan fingerprint density at radius 1 is 1.32 bits per heavy atom. The van der Waals surface area contributed by atoms with E-state index in [2.05, 4.69) is 17.3 Å². The lowest BCUT2D eigenvalue weighted by Gasteiger charge is -2.23. The molecule has 0 saturated heterocycles. The third-order valence-corrected chi connectivity index (χ3v) is 3.41. The molecule has 2 rings (SSSR count). The van der Waals surface area contributed by atoms with E-state index in [-0.39, 0.29) is 6.04 Å². The number of hydrogen-bond donors (Lipinski definition) is 1. The molecule has 102 valence electrons. The second-order valence-electron chi connectivity index (χ2n) is 4.78. The van der Waals surface area contributed by atoms with Crippen LogP contribution < -0.4 is 10.2 Å². The summed E-state index contributed by atoms with van der Waals surface area (Å²) >= 11 is 6.26. The molecule has 0 saturated carbocycles. The zero-order valence-electron chi connectivity index (χ0n) is 11.7. The third-order valence-electron chi connectivity index (χ3n) is 3.11. The van der Waals surface area contributed by atoms with E-state index in [1.54, 1.807) is 6.20 Å². The first kappa shape index (κ1) is 13.7. The van der Waals surface area contributed by atoms with Crippen LogP contribution in [0.4, 0.5) is 11.4 Å². The van der Waals surface area contributed by atoms with Gasteiger partial charge in [0.05, 0.1) is 28.1 Å². The number of benzene rings is 1. The molecule has 0 radical (unpaired) electrons. The molecule has 0 amide bonds. The average Bonchev–Trinajstić information content (AvgIpc) is 2.75. The molecule has 1 aromatic carbocycles. The highest BCUT2D eigenvalue weighted by atomic mass is 35.5. The van der Waals surface area contributed by atoms with Gasteiger partial charge in [0.1, 0.15) is 0 Å². The topological polar surface area (TPSA) is 33.1 Å². The first-order valence-corrected chi connectivity index (χ1v) is 6.58. The van der Waals surface area contributed by atoms with Crippen LogP contribution in [-0.4, -0.2) is 23.9 Å². The van der Waals surface area contributed by atoms with Crippen molar-refractivity contribution in [1.29, 1.82) is 0 Å². The Morgan fingerprint density at radius 2 is 2.05 bits per heavy atom. The fourth-order valence-electron chi connectivity index (χ4n) is 2.20. The van der Waals surface area contributed by atoms with E-state index in [4.69, 9.17) is 11.6 Å². The minimum Gasteiger partial charge on any atom is -0.375 e. The van der Waals surface area contributed by atoms with Crippen LogP contribution >= 0.6 is 11.6 Å². The van der Waals surface area contributed by atoms with Gasteiger partial charge in [-0.25, -0.2) is 0 Å². The van der Waals surface area contributed by atoms with Crippen LogP contribution in [0, 0.1) is 0 Å². The lowest BCUT2D eigenvalue weighted by molar-refractivity contribution is 0.675. The molecule has 0 bridgehead atoms. The zero-order chi connectivity index (χ0) is 14.0. The van der Waals surface area contributed by atoms with E-state index in [1.807, 2.05) is 55.0 Å². The molecule has 1 N–H and O–H groups in total. The standard InChI is InChI=1S/C14H19ClN4/c1-10(13-8-9-16-19(13)4)17-12-7-5-6-11(15)14(12)18(2)3/h5-10,17H,1-4H3. The Bertz CT molecular complexity index is 562. The van der Waals surface area contributed by atoms with Crippen LogP contribution in [0.3, 0.4) is 0 Å². The molecular weight excluding hydrogens is 260 g/mol. The van der Waals surface area contributed by atoms with E-state index in [0.717, 1.165) is 22.1 Å². The number of nitrogens with zero attached hydrogens (tertiary/aromatic N) is 3. The molecular formula is C14H19ClN4. The number of anilines is 2. The first-order valence-electron chi connectivity index (χ1n) is 6.21. The molecule has 4 nitrogen and oxygen atoms in total. The van der Waals surface area contributed by atoms with Crippen LogP contribution in [0.2, 0.25) is 5.02 Å². The number of para-hydroxylation sites is 1. The van der Waals surface area contributed by atoms with E-state index >= 15 is 0 Å². The second-order valence-corrected chi connectivity index (χ2v) is 5.18. The first-order chi connectivity index (χ1) is 9.00. The summed E-state index contributed by atoms with van der Waals surface area (Å²) in [6.45, 7) is 2.11. The fourth-order valence-corrected chi connectivity index (χ4v) is 2.55. The SMILES string of the molecule is CC(Nc1cccc(Cl)c1N(C)C)c1ccnn1C. The van der Waals surface area contributed by atoms with Crippen molar-refractivity contribution in [3.63, 3.8) is 0 Å². The Balaban J connectivity index is 2.29. The van der Waals surface area contributed by atoms with Gasteiger partial charge in [0.2, 0.25) is 0 Å². The normalized spacial score (nSPS) is 12.3. The highest BCUT2D eigenvalue weighted by Crippen LogP contribution is 2.34. The summed E-state index contributed by atoms with van der Waals surface area (Å²) in [5.41, 5.74) is 3.15. The number of nitrogens with one attached hydrogen (secondary N) is 1. The summed E-state index contributed by atoms with van der Waals surface area (Å²) < 4.78 is 1.87. The fraction of sp³-hybridized carbons (Fsp3) is 0.357. The van der Waals surface area contributed by atoms with E-state index in [0.29, 0.717) is 0 Å². The third kappa shape index (κ3) is 2.84. The van der Waals surface area contributed by atoms with Gasteiger partial charge in [0.15, 0.2) is 0 Å². The van der Waals surface area contributed by atoms with Crippen molar-refractivity contribution in [2.75, 3.05) is 24.3 Å². The van der Waals surface area contributed by atoms with Crippen molar-refractivity contribution in [2.45, 2.75) is 13.0 Å². The highest BCUT2D eigenvalue weighted by Gasteiger charge is 2.14. The van der Waals surface area contributed by atoms with Gasteiger partial charge in [0.25, 0.3) is 0 Å². The summed E-state index contributed by atoms with van der Waals surface area (Å²) in [7, 11) is 5.92. The van der Waals surface area contributed by atoms with Gasteiger partial charge in [-0.05, 0) is 25.1 Å². The van der Waals surface area contributed by atoms with Crippen LogP contribution in [0.25, 0.3) is 0 Å². The molecule has 1 heterocycles. The van der Waals surface area contributed by atoms with Gasteiger partial charge in [-0.3, -0.25) is 4.68 Å². The van der Waals surface area contributed by atoms with E-state index in [9.17, 15) is 0 Å². The number of aryl methyl sites for hydroxylation is 1. The maximum absolute atomic E-state index is 6.26. The molecule has 0 aliphatic heterocycles. The number of aromatic nitrogens is 2. The summed E-state index contributed by atoms with van der Waals surface area (Å²) in [4.78, 5) is 2.01. The van der Waals surface area contributed by atoms with Crippen LogP contribution in [0.15, 0.2) is 30.5 Å². The number of halogens is 1. The van der Waals surface area contributed by atoms with E-state index in [1.165, 1.54) is 0 Å². The smallest absolute Gasteiger partial charge is 0.0786 e. The maximum atomic E-state index is 6.26. The van der Waals surface area contributed by atoms with Crippen molar-refractivity contribution in [1.82, 2.24) is 9.78 Å². The van der Waals surface area contributed by atoms with Crippen LogP contribution in [-0.2, 0) is 7.05 Å². The monoisotopic (exact) mass is 278 g/mol. The molecule has 2 aromatic rings. The molecule has 0 spiro atoms. The van der Waals surface area contributed by atoms with E-state index < -0.39 is 0 Å². The predicted molar refractivity (Wildman–Crippen MR) is 81.0 cm³/mol. The number of hydrogen-bond acceptors (Lipinski definition) is 3. The second kappa shape index (κ2) is 5.53. The molecule has 5 heteroatoms.